The predicted octanol–water partition coefficient (Wildman–Crippen LogP) is 8.60. The monoisotopic (exact) mass is 893 g/mol. The molecular formula is C51H48FN5O9. The van der Waals surface area contributed by atoms with Gasteiger partial charge < -0.3 is 29.7 Å². The number of benzene rings is 4. The Morgan fingerprint density at radius 2 is 1.62 bits per heavy atom. The van der Waals surface area contributed by atoms with E-state index in [0.717, 1.165) is 34.6 Å². The van der Waals surface area contributed by atoms with Gasteiger partial charge in [-0.1, -0.05) is 31.2 Å². The van der Waals surface area contributed by atoms with Crippen molar-refractivity contribution < 1.29 is 42.6 Å². The lowest BCUT2D eigenvalue weighted by Gasteiger charge is -2.31. The molecule has 5 aromatic carbocycles. The summed E-state index contributed by atoms with van der Waals surface area (Å²) in [7, 11) is 1.47. The molecular weight excluding hydrogens is 846 g/mol. The lowest BCUT2D eigenvalue weighted by atomic mass is 9.84. The minimum absolute atomic E-state index is 0.0258. The van der Waals surface area contributed by atoms with Crippen molar-refractivity contribution in [2.45, 2.75) is 78.8 Å². The molecule has 2 unspecified atom stereocenters. The van der Waals surface area contributed by atoms with Gasteiger partial charge in [-0.05, 0) is 110 Å². The van der Waals surface area contributed by atoms with E-state index >= 15 is 4.39 Å². The summed E-state index contributed by atoms with van der Waals surface area (Å²) < 4.78 is 33.2. The molecule has 1 saturated carbocycles. The molecule has 2 atom stereocenters. The summed E-state index contributed by atoms with van der Waals surface area (Å²) in [6.07, 6.45) is 3.79. The summed E-state index contributed by atoms with van der Waals surface area (Å²) in [5, 5.41) is 7.14. The number of nitrogens with zero attached hydrogens (tertiary/aromatic N) is 3. The average molecular weight is 894 g/mol. The lowest BCUT2D eigenvalue weighted by molar-refractivity contribution is -0.138. The number of fused-ring (bicyclic) bond motifs is 3. The molecule has 0 bridgehead atoms. The summed E-state index contributed by atoms with van der Waals surface area (Å²) in [5.74, 6) is -2.42. The van der Waals surface area contributed by atoms with Crippen molar-refractivity contribution in [1.82, 2.24) is 14.9 Å². The van der Waals surface area contributed by atoms with Crippen molar-refractivity contribution in [3.05, 3.63) is 129 Å². The summed E-state index contributed by atoms with van der Waals surface area (Å²) >= 11 is 0. The van der Waals surface area contributed by atoms with Crippen LogP contribution in [0.1, 0.15) is 88.9 Å². The highest BCUT2D eigenvalue weighted by Gasteiger charge is 2.42. The molecule has 0 saturated heterocycles. The summed E-state index contributed by atoms with van der Waals surface area (Å²) in [4.78, 5) is 88.4. The number of carbonyl (C=O) groups is 5. The van der Waals surface area contributed by atoms with Crippen LogP contribution in [0.3, 0.4) is 0 Å². The van der Waals surface area contributed by atoms with E-state index in [0.29, 0.717) is 63.9 Å². The first-order chi connectivity index (χ1) is 31.7. The normalized spacial score (nSPS) is 15.8. The molecule has 14 nitrogen and oxygen atoms in total. The molecule has 3 amide bonds. The topological polar surface area (TPSA) is 183 Å². The van der Waals surface area contributed by atoms with Crippen LogP contribution in [0.5, 0.6) is 23.1 Å². The predicted molar refractivity (Wildman–Crippen MR) is 246 cm³/mol. The number of aryl methyl sites for hydroxylation is 3. The van der Waals surface area contributed by atoms with Gasteiger partial charge >= 0.3 is 0 Å². The van der Waals surface area contributed by atoms with Crippen molar-refractivity contribution in [1.29, 1.82) is 0 Å². The fourth-order valence-corrected chi connectivity index (χ4v) is 8.61. The molecule has 1 fully saturated rings. The summed E-state index contributed by atoms with van der Waals surface area (Å²) in [6, 6.07) is 19.2. The molecule has 66 heavy (non-hydrogen) atoms. The van der Waals surface area contributed by atoms with Gasteiger partial charge in [-0.3, -0.25) is 28.8 Å². The van der Waals surface area contributed by atoms with Crippen molar-refractivity contribution in [2.24, 2.45) is 5.92 Å². The van der Waals surface area contributed by atoms with E-state index < -0.39 is 29.1 Å². The van der Waals surface area contributed by atoms with Gasteiger partial charge in [-0.25, -0.2) is 14.4 Å². The Balaban J connectivity index is 0.863. The molecule has 2 aliphatic rings. The second-order valence-corrected chi connectivity index (χ2v) is 16.7. The number of hydrogen-bond acceptors (Lipinski definition) is 11. The number of anilines is 2. The van der Waals surface area contributed by atoms with Gasteiger partial charge in [0.15, 0.2) is 34.3 Å². The smallest absolute Gasteiger partial charge is 0.259 e. The Hall–Kier alpha value is -7.55. The zero-order chi connectivity index (χ0) is 46.8. The zero-order valence-electron chi connectivity index (χ0n) is 37.2. The number of unbranched alkanes of at least 4 members (excludes halogenated alkanes) is 1. The van der Waals surface area contributed by atoms with Crippen molar-refractivity contribution in [3.8, 4) is 23.1 Å². The van der Waals surface area contributed by atoms with Crippen LogP contribution in [-0.2, 0) is 27.3 Å². The molecule has 6 aromatic rings. The van der Waals surface area contributed by atoms with Crippen LogP contribution < -0.4 is 30.3 Å². The largest absolute Gasteiger partial charge is 0.493 e. The Morgan fingerprint density at radius 1 is 0.833 bits per heavy atom. The average Bonchev–Trinajstić information content (AvgIpc) is 3.58. The molecule has 0 spiro atoms. The van der Waals surface area contributed by atoms with Gasteiger partial charge in [-0.15, -0.1) is 0 Å². The van der Waals surface area contributed by atoms with E-state index in [1.807, 2.05) is 32.0 Å². The van der Waals surface area contributed by atoms with Gasteiger partial charge in [0.25, 0.3) is 11.8 Å². The Kier molecular flexibility index (Phi) is 12.9. The zero-order valence-corrected chi connectivity index (χ0v) is 37.2. The highest BCUT2D eigenvalue weighted by Crippen LogP contribution is 2.37. The number of Topliss-reactive ketones (excluding diaryl/α,β-unsaturated/α-hetero) is 2. The number of aromatic nitrogens is 2. The van der Waals surface area contributed by atoms with E-state index in [9.17, 15) is 28.8 Å². The van der Waals surface area contributed by atoms with Gasteiger partial charge in [0, 0.05) is 53.8 Å². The van der Waals surface area contributed by atoms with E-state index in [4.69, 9.17) is 14.2 Å². The van der Waals surface area contributed by atoms with Crippen molar-refractivity contribution >= 4 is 62.3 Å². The fraction of sp³-hybridized carbons (Fsp3) is 0.294. The number of carbonyl (C=O) groups excluding carboxylic acids is 5. The number of methoxy groups -OCH3 is 1. The standard InChI is InChI=1S/C51H48FN5O9/c1-6-30-10-14-34-27(2)19-28(3)46(48(61)36(34)20-30)49(62)56-33-13-17-42(38(52)22-33)66-50-37-23-43(64-5)44(24-39(37)53-26-54-50)65-18-8-7-9-45(59)55-32-12-11-31-25-57(51(63)35(31)21-32)40-15-16-41(58)29(4)47(40)60/h10-14,17,19-24,26,29,40H,6-9,15-16,18,25H2,1-5H3,(H,55,59)(H,56,62). The fourth-order valence-electron chi connectivity index (χ4n) is 8.61. The number of amides is 3. The Labute approximate surface area is 379 Å². The van der Waals surface area contributed by atoms with E-state index in [1.54, 1.807) is 50.2 Å². The first kappa shape index (κ1) is 45.0. The number of hydrogen-bond donors (Lipinski definition) is 2. The third-order valence-corrected chi connectivity index (χ3v) is 12.3. The van der Waals surface area contributed by atoms with Crippen LogP contribution in [0.4, 0.5) is 15.8 Å². The quantitative estimate of drug-likeness (QED) is 0.0789. The molecule has 0 radical (unpaired) electrons. The van der Waals surface area contributed by atoms with Crippen LogP contribution in [0.25, 0.3) is 21.7 Å². The molecule has 2 heterocycles. The minimum atomic E-state index is -0.788. The maximum Gasteiger partial charge on any atom is 0.259 e. The maximum absolute atomic E-state index is 15.6. The second-order valence-electron chi connectivity index (χ2n) is 16.7. The number of nitrogens with one attached hydrogen (secondary N) is 2. The molecule has 1 aliphatic heterocycles. The molecule has 1 aliphatic carbocycles. The molecule has 8 rings (SSSR count). The van der Waals surface area contributed by atoms with Crippen LogP contribution in [-0.4, -0.2) is 63.9 Å². The third kappa shape index (κ3) is 9.05. The minimum Gasteiger partial charge on any atom is -0.493 e. The van der Waals surface area contributed by atoms with Gasteiger partial charge in [0.05, 0.1) is 42.1 Å². The van der Waals surface area contributed by atoms with E-state index in [2.05, 4.69) is 20.6 Å². The van der Waals surface area contributed by atoms with Crippen LogP contribution in [0.2, 0.25) is 0 Å². The Bertz CT molecular complexity index is 3050. The summed E-state index contributed by atoms with van der Waals surface area (Å²) in [6.45, 7) is 7.71. The number of ether oxygens (including phenoxy) is 3. The molecule has 2 N–H and O–H groups in total. The lowest BCUT2D eigenvalue weighted by Crippen LogP contribution is -2.48. The maximum atomic E-state index is 15.6. The van der Waals surface area contributed by atoms with Gasteiger partial charge in [-0.2, -0.15) is 0 Å². The summed E-state index contributed by atoms with van der Waals surface area (Å²) in [5.41, 5.74) is 4.12. The van der Waals surface area contributed by atoms with Gasteiger partial charge in [0.1, 0.15) is 12.1 Å². The number of rotatable bonds is 14. The third-order valence-electron chi connectivity index (χ3n) is 12.3. The van der Waals surface area contributed by atoms with Crippen LogP contribution >= 0.6 is 0 Å². The van der Waals surface area contributed by atoms with E-state index in [1.165, 1.54) is 30.5 Å². The van der Waals surface area contributed by atoms with Crippen LogP contribution in [0, 0.1) is 25.6 Å². The highest BCUT2D eigenvalue weighted by atomic mass is 19.1. The SMILES string of the molecule is CCc1ccc2c(C)cc(C)c(C(=O)Nc3ccc(Oc4ncnc5cc(OCCCCC(=O)Nc6ccc7c(c6)C(=O)N(C6CCC(=O)C(C)C6=O)C7)c(OC)cc45)c(F)c3)c(=O)c2c1. The molecule has 15 heteroatoms. The van der Waals surface area contributed by atoms with Crippen molar-refractivity contribution in [2.75, 3.05) is 24.4 Å². The number of ketones is 2. The van der Waals surface area contributed by atoms with Gasteiger partial charge in [0.2, 0.25) is 11.8 Å². The van der Waals surface area contributed by atoms with Crippen LogP contribution in [0.15, 0.2) is 83.9 Å². The molecule has 1 aromatic heterocycles. The highest BCUT2D eigenvalue weighted by molar-refractivity contribution is 6.10. The van der Waals surface area contributed by atoms with E-state index in [-0.39, 0.29) is 72.3 Å². The van der Waals surface area contributed by atoms with Crippen molar-refractivity contribution in [3.63, 3.8) is 0 Å². The first-order valence-corrected chi connectivity index (χ1v) is 21.9. The Morgan fingerprint density at radius 3 is 2.39 bits per heavy atom. The second kappa shape index (κ2) is 18.9. The molecule has 338 valence electrons. The number of halogens is 1. The first-order valence-electron chi connectivity index (χ1n) is 21.9.